The Bertz CT molecular complexity index is 945. The van der Waals surface area contributed by atoms with Crippen LogP contribution < -0.4 is 10.2 Å². The van der Waals surface area contributed by atoms with Crippen molar-refractivity contribution in [2.75, 3.05) is 44.2 Å². The van der Waals surface area contributed by atoms with Crippen molar-refractivity contribution >= 4 is 22.5 Å². The van der Waals surface area contributed by atoms with Crippen molar-refractivity contribution in [3.05, 3.63) is 66.1 Å². The molecule has 2 aromatic carbocycles. The Labute approximate surface area is 170 Å². The number of H-pyrrole nitrogens is 1. The van der Waals surface area contributed by atoms with Gasteiger partial charge in [0, 0.05) is 68.5 Å². The smallest absolute Gasteiger partial charge is 0.221 e. The van der Waals surface area contributed by atoms with Crippen molar-refractivity contribution in [1.29, 1.82) is 0 Å². The van der Waals surface area contributed by atoms with Gasteiger partial charge in [-0.2, -0.15) is 0 Å². The van der Waals surface area contributed by atoms with Crippen LogP contribution in [0.15, 0.2) is 54.7 Å². The third kappa shape index (κ3) is 4.95. The third-order valence-electron chi connectivity index (χ3n) is 5.61. The Kier molecular flexibility index (Phi) is 6.10. The zero-order valence-electron chi connectivity index (χ0n) is 16.5. The third-order valence-corrected chi connectivity index (χ3v) is 5.61. The predicted octanol–water partition coefficient (Wildman–Crippen LogP) is 3.18. The molecule has 2 N–H and O–H groups in total. The molecule has 1 aromatic heterocycles. The van der Waals surface area contributed by atoms with Crippen LogP contribution in [0.25, 0.3) is 10.9 Å². The van der Waals surface area contributed by atoms with Crippen LogP contribution in [0, 0.1) is 5.82 Å². The predicted molar refractivity (Wildman–Crippen MR) is 115 cm³/mol. The molecule has 6 heteroatoms. The lowest BCUT2D eigenvalue weighted by Crippen LogP contribution is -2.47. The topological polar surface area (TPSA) is 51.4 Å². The van der Waals surface area contributed by atoms with E-state index in [-0.39, 0.29) is 11.7 Å². The highest BCUT2D eigenvalue weighted by Gasteiger charge is 2.17. The Hall–Kier alpha value is -2.86. The molecule has 0 saturated carbocycles. The molecule has 0 bridgehead atoms. The van der Waals surface area contributed by atoms with Gasteiger partial charge < -0.3 is 15.2 Å². The highest BCUT2D eigenvalue weighted by atomic mass is 19.1. The zero-order valence-corrected chi connectivity index (χ0v) is 16.5. The van der Waals surface area contributed by atoms with Crippen molar-refractivity contribution in [3.8, 4) is 0 Å². The molecule has 4 rings (SSSR count). The van der Waals surface area contributed by atoms with Crippen LogP contribution in [0.1, 0.15) is 12.0 Å². The number of nitrogens with zero attached hydrogens (tertiary/aromatic N) is 2. The van der Waals surface area contributed by atoms with Gasteiger partial charge in [0.05, 0.1) is 0 Å². The Morgan fingerprint density at radius 1 is 1.03 bits per heavy atom. The fourth-order valence-corrected chi connectivity index (χ4v) is 3.90. The first kappa shape index (κ1) is 19.5. The van der Waals surface area contributed by atoms with E-state index >= 15 is 0 Å². The number of hydrogen-bond acceptors (Lipinski definition) is 3. The monoisotopic (exact) mass is 394 g/mol. The fraction of sp³-hybridized carbons (Fsp3) is 0.348. The number of amides is 1. The highest BCUT2D eigenvalue weighted by Crippen LogP contribution is 2.18. The number of aromatic nitrogens is 1. The lowest BCUT2D eigenvalue weighted by molar-refractivity contribution is -0.121. The number of piperazine rings is 1. The van der Waals surface area contributed by atoms with E-state index in [2.05, 4.69) is 32.2 Å². The molecule has 152 valence electrons. The van der Waals surface area contributed by atoms with Crippen molar-refractivity contribution in [2.24, 2.45) is 0 Å². The van der Waals surface area contributed by atoms with E-state index in [0.29, 0.717) is 13.0 Å². The number of carbonyl (C=O) groups excluding carboxylic acids is 1. The van der Waals surface area contributed by atoms with E-state index < -0.39 is 0 Å². The summed E-state index contributed by atoms with van der Waals surface area (Å²) < 4.78 is 13.1. The molecule has 1 saturated heterocycles. The molecule has 1 amide bonds. The van der Waals surface area contributed by atoms with Crippen LogP contribution in [0.5, 0.6) is 0 Å². The number of carbonyl (C=O) groups is 1. The van der Waals surface area contributed by atoms with Gasteiger partial charge in [0.2, 0.25) is 5.91 Å². The maximum atomic E-state index is 13.1. The standard InChI is InChI=1S/C23H27FN4O/c24-19-5-7-20(8-6-19)28-15-13-27(14-16-28)12-10-23(29)25-11-9-18-17-26-22-4-2-1-3-21(18)22/h1-8,17,26H,9-16H2,(H,25,29). The van der Waals surface area contributed by atoms with Crippen molar-refractivity contribution in [2.45, 2.75) is 12.8 Å². The van der Waals surface area contributed by atoms with E-state index in [1.165, 1.54) is 23.1 Å². The molecular formula is C23H27FN4O. The maximum absolute atomic E-state index is 13.1. The second kappa shape index (κ2) is 9.09. The van der Waals surface area contributed by atoms with Crippen molar-refractivity contribution in [3.63, 3.8) is 0 Å². The van der Waals surface area contributed by atoms with Gasteiger partial charge in [-0.05, 0) is 42.3 Å². The van der Waals surface area contributed by atoms with Crippen LogP contribution in [-0.2, 0) is 11.2 Å². The minimum Gasteiger partial charge on any atom is -0.369 e. The minimum absolute atomic E-state index is 0.103. The molecule has 1 aliphatic heterocycles. The molecule has 5 nitrogen and oxygen atoms in total. The number of aromatic amines is 1. The molecule has 0 unspecified atom stereocenters. The van der Waals surface area contributed by atoms with Gasteiger partial charge in [-0.25, -0.2) is 4.39 Å². The van der Waals surface area contributed by atoms with Gasteiger partial charge in [-0.1, -0.05) is 18.2 Å². The normalized spacial score (nSPS) is 15.0. The first-order chi connectivity index (χ1) is 14.2. The number of fused-ring (bicyclic) bond motifs is 1. The van der Waals surface area contributed by atoms with E-state index in [4.69, 9.17) is 0 Å². The van der Waals surface area contributed by atoms with Gasteiger partial charge >= 0.3 is 0 Å². The summed E-state index contributed by atoms with van der Waals surface area (Å²) in [4.78, 5) is 20.1. The van der Waals surface area contributed by atoms with Gasteiger partial charge in [-0.15, -0.1) is 0 Å². The molecule has 0 atom stereocenters. The van der Waals surface area contributed by atoms with Crippen molar-refractivity contribution in [1.82, 2.24) is 15.2 Å². The summed E-state index contributed by atoms with van der Waals surface area (Å²) in [5.74, 6) is -0.103. The van der Waals surface area contributed by atoms with Gasteiger partial charge in [0.15, 0.2) is 0 Å². The van der Waals surface area contributed by atoms with E-state index in [0.717, 1.165) is 50.3 Å². The number of para-hydroxylation sites is 1. The first-order valence-corrected chi connectivity index (χ1v) is 10.2. The van der Waals surface area contributed by atoms with E-state index in [1.807, 2.05) is 30.5 Å². The van der Waals surface area contributed by atoms with Crippen LogP contribution in [0.4, 0.5) is 10.1 Å². The summed E-state index contributed by atoms with van der Waals surface area (Å²) in [6, 6.07) is 14.9. The minimum atomic E-state index is -0.205. The van der Waals surface area contributed by atoms with Gasteiger partial charge in [0.1, 0.15) is 5.82 Å². The Morgan fingerprint density at radius 3 is 2.59 bits per heavy atom. The Morgan fingerprint density at radius 2 is 1.79 bits per heavy atom. The second-order valence-electron chi connectivity index (χ2n) is 7.51. The summed E-state index contributed by atoms with van der Waals surface area (Å²) in [5, 5.41) is 4.26. The molecule has 0 spiro atoms. The van der Waals surface area contributed by atoms with E-state index in [1.54, 1.807) is 0 Å². The molecule has 3 aromatic rings. The average molecular weight is 394 g/mol. The SMILES string of the molecule is O=C(CCN1CCN(c2ccc(F)cc2)CC1)NCCc1c[nH]c2ccccc12. The summed E-state index contributed by atoms with van der Waals surface area (Å²) in [6.45, 7) is 5.05. The lowest BCUT2D eigenvalue weighted by atomic mass is 10.1. The Balaban J connectivity index is 1.15. The number of rotatable bonds is 7. The second-order valence-corrected chi connectivity index (χ2v) is 7.51. The van der Waals surface area contributed by atoms with E-state index in [9.17, 15) is 9.18 Å². The molecular weight excluding hydrogens is 367 g/mol. The largest absolute Gasteiger partial charge is 0.369 e. The molecule has 1 fully saturated rings. The number of anilines is 1. The number of nitrogens with one attached hydrogen (secondary N) is 2. The first-order valence-electron chi connectivity index (χ1n) is 10.2. The number of halogens is 1. The zero-order chi connectivity index (χ0) is 20.1. The lowest BCUT2D eigenvalue weighted by Gasteiger charge is -2.36. The quantitative estimate of drug-likeness (QED) is 0.647. The molecule has 1 aliphatic rings. The molecule has 2 heterocycles. The van der Waals surface area contributed by atoms with Crippen LogP contribution >= 0.6 is 0 Å². The van der Waals surface area contributed by atoms with Crippen LogP contribution in [-0.4, -0.2) is 55.1 Å². The molecule has 0 radical (unpaired) electrons. The van der Waals surface area contributed by atoms with Gasteiger partial charge in [-0.3, -0.25) is 9.69 Å². The fourth-order valence-electron chi connectivity index (χ4n) is 3.90. The molecule has 0 aliphatic carbocycles. The number of benzene rings is 2. The summed E-state index contributed by atoms with van der Waals surface area (Å²) in [6.07, 6.45) is 3.37. The van der Waals surface area contributed by atoms with Crippen LogP contribution in [0.3, 0.4) is 0 Å². The number of hydrogen-bond donors (Lipinski definition) is 2. The van der Waals surface area contributed by atoms with Crippen molar-refractivity contribution < 1.29 is 9.18 Å². The van der Waals surface area contributed by atoms with Gasteiger partial charge in [0.25, 0.3) is 0 Å². The summed E-state index contributed by atoms with van der Waals surface area (Å²) in [7, 11) is 0. The highest BCUT2D eigenvalue weighted by molar-refractivity contribution is 5.83. The molecule has 29 heavy (non-hydrogen) atoms. The average Bonchev–Trinajstić information content (AvgIpc) is 3.16. The summed E-state index contributed by atoms with van der Waals surface area (Å²) in [5.41, 5.74) is 3.42. The summed E-state index contributed by atoms with van der Waals surface area (Å²) >= 11 is 0. The van der Waals surface area contributed by atoms with Crippen LogP contribution in [0.2, 0.25) is 0 Å². The maximum Gasteiger partial charge on any atom is 0.221 e.